The summed E-state index contributed by atoms with van der Waals surface area (Å²) in [6, 6.07) is 49.3. The van der Waals surface area contributed by atoms with Crippen molar-refractivity contribution in [2.24, 2.45) is 0 Å². The normalized spacial score (nSPS) is 10.3. The van der Waals surface area contributed by atoms with Gasteiger partial charge in [-0.15, -0.1) is 17.2 Å². The number of benzene rings is 4. The first-order valence-corrected chi connectivity index (χ1v) is 14.0. The molecule has 0 bridgehead atoms. The minimum absolute atomic E-state index is 0. The molecule has 0 aliphatic heterocycles. The zero-order valence-electron chi connectivity index (χ0n) is 22.2. The molecule has 1 heterocycles. The van der Waals surface area contributed by atoms with Gasteiger partial charge in [-0.1, -0.05) is 60.0 Å². The summed E-state index contributed by atoms with van der Waals surface area (Å²) in [5.74, 6) is 0.951. The summed E-state index contributed by atoms with van der Waals surface area (Å²) >= 11 is 1.46. The van der Waals surface area contributed by atoms with Crippen LogP contribution >= 0.6 is 0 Å². The van der Waals surface area contributed by atoms with Gasteiger partial charge in [-0.3, -0.25) is 0 Å². The maximum atomic E-state index is 5.26. The summed E-state index contributed by atoms with van der Waals surface area (Å²) in [6.07, 6.45) is 2.74. The molecule has 0 amide bonds. The van der Waals surface area contributed by atoms with E-state index in [0.717, 1.165) is 12.2 Å². The van der Waals surface area contributed by atoms with E-state index in [1.54, 1.807) is 6.26 Å². The predicted octanol–water partition coefficient (Wildman–Crippen LogP) is 2.84. The molecule has 7 rings (SSSR count). The molecule has 1 aromatic heterocycles. The van der Waals surface area contributed by atoms with E-state index >= 15 is 0 Å². The van der Waals surface area contributed by atoms with Gasteiger partial charge in [0, 0.05) is 0 Å². The van der Waals surface area contributed by atoms with Crippen molar-refractivity contribution in [1.29, 1.82) is 0 Å². The average Bonchev–Trinajstić information content (AvgIpc) is 3.74. The molecule has 5 aromatic carbocycles. The van der Waals surface area contributed by atoms with Gasteiger partial charge in [0.1, 0.15) is 0 Å². The predicted molar refractivity (Wildman–Crippen MR) is 154 cm³/mol. The number of halogens is 2. The zero-order valence-corrected chi connectivity index (χ0v) is 26.1. The fourth-order valence-corrected chi connectivity index (χ4v) is 5.41. The largest absolute Gasteiger partial charge is 0.179 e. The number of hydrogen-bond acceptors (Lipinski definition) is 1. The standard InChI is InChI=1S/C13H9.C13H10.C10H9O.2ClH.Zr/c1-3-7-12-10(5-1)9-11-6-2-4-8-13(11)12;1-3-7-12(8-4-1)11-13-9-5-2-6-10-13;1-8-4-2-5-9(8)10-6-3-7-11-10;;;/h1-5,7-8H,9H2;1-10H;2-7H,1H3;2*1H;/q-1;;-1;;;+2/p-2. The summed E-state index contributed by atoms with van der Waals surface area (Å²) in [4.78, 5) is 0. The molecule has 6 aromatic rings. The van der Waals surface area contributed by atoms with Gasteiger partial charge in [-0.25, -0.2) is 0 Å². The molecule has 0 spiro atoms. The number of furan rings is 1. The molecule has 0 unspecified atom stereocenters. The van der Waals surface area contributed by atoms with Crippen molar-refractivity contribution in [2.75, 3.05) is 0 Å². The first-order chi connectivity index (χ1) is 18.7. The monoisotopic (exact) mass is 636 g/mol. The van der Waals surface area contributed by atoms with Gasteiger partial charge in [-0.2, -0.15) is 42.0 Å². The fraction of sp³-hybridized carbons (Fsp3) is 0.0556. The Bertz CT molecular complexity index is 1520. The van der Waals surface area contributed by atoms with Gasteiger partial charge in [0.25, 0.3) is 0 Å². The Morgan fingerprint density at radius 2 is 1.32 bits per heavy atom. The zero-order chi connectivity index (χ0) is 26.2. The molecular weight excluding hydrogens is 611 g/mol. The number of fused-ring (bicyclic) bond motifs is 3. The quantitative estimate of drug-likeness (QED) is 0.272. The Kier molecular flexibility index (Phi) is 12.2. The maximum absolute atomic E-state index is 5.26. The second kappa shape index (κ2) is 15.6. The van der Waals surface area contributed by atoms with Gasteiger partial charge in [-0.05, 0) is 6.42 Å². The third-order valence-corrected chi connectivity index (χ3v) is 7.98. The summed E-state index contributed by atoms with van der Waals surface area (Å²) in [5, 5.41) is 0. The van der Waals surface area contributed by atoms with Crippen LogP contribution in [0, 0.1) is 13.0 Å². The van der Waals surface area contributed by atoms with Crippen molar-refractivity contribution in [1.82, 2.24) is 0 Å². The molecular formula is C36H28Cl2OZr-2. The third kappa shape index (κ3) is 7.73. The van der Waals surface area contributed by atoms with E-state index in [-0.39, 0.29) is 24.8 Å². The van der Waals surface area contributed by atoms with E-state index < -0.39 is 0 Å². The second-order valence-corrected chi connectivity index (χ2v) is 10.3. The summed E-state index contributed by atoms with van der Waals surface area (Å²) in [7, 11) is 0. The first-order valence-electron chi connectivity index (χ1n) is 12.7. The smallest absolute Gasteiger partial charge is 0.0253 e. The molecule has 0 saturated carbocycles. The first kappa shape index (κ1) is 31.4. The second-order valence-electron chi connectivity index (χ2n) is 9.10. The Balaban J connectivity index is 0.000000162. The minimum atomic E-state index is 0. The van der Waals surface area contributed by atoms with E-state index in [0.29, 0.717) is 0 Å². The molecule has 0 atom stereocenters. The van der Waals surface area contributed by atoms with Crippen LogP contribution in [0.3, 0.4) is 0 Å². The molecule has 0 N–H and O–H groups in total. The topological polar surface area (TPSA) is 13.1 Å². The SMILES string of the molecule is Cc1ccc[c-]1-c1ccco1.[Cl-].[Cl-].[Zr+2]=[C](c1ccccc1)c1ccccc1.[c-]1cccc2c1Cc1ccccc1-2. The Morgan fingerprint density at radius 1 is 0.700 bits per heavy atom. The van der Waals surface area contributed by atoms with Gasteiger partial charge in [0.2, 0.25) is 0 Å². The van der Waals surface area contributed by atoms with E-state index in [1.165, 1.54) is 71.9 Å². The minimum Gasteiger partial charge on any atom is -0.179 e. The van der Waals surface area contributed by atoms with E-state index in [1.807, 2.05) is 24.3 Å². The molecule has 198 valence electrons. The van der Waals surface area contributed by atoms with Crippen LogP contribution in [0.1, 0.15) is 27.8 Å². The Hall–Kier alpha value is -3.16. The van der Waals surface area contributed by atoms with Crippen LogP contribution in [-0.2, 0) is 30.7 Å². The number of hydrogen-bond donors (Lipinski definition) is 0. The Morgan fingerprint density at radius 3 is 1.93 bits per heavy atom. The number of aryl methyl sites for hydroxylation is 1. The van der Waals surface area contributed by atoms with Crippen molar-refractivity contribution >= 4 is 3.21 Å². The van der Waals surface area contributed by atoms with Crippen LogP contribution < -0.4 is 24.8 Å². The van der Waals surface area contributed by atoms with Crippen LogP contribution in [0.2, 0.25) is 0 Å². The molecule has 1 aliphatic rings. The molecule has 40 heavy (non-hydrogen) atoms. The van der Waals surface area contributed by atoms with Crippen molar-refractivity contribution in [2.45, 2.75) is 13.3 Å². The van der Waals surface area contributed by atoms with Crippen LogP contribution in [0.25, 0.3) is 22.5 Å². The summed E-state index contributed by atoms with van der Waals surface area (Å²) in [6.45, 7) is 2.08. The maximum Gasteiger partial charge on any atom is -0.0253 e. The summed E-state index contributed by atoms with van der Waals surface area (Å²) < 4.78 is 6.67. The molecule has 0 fully saturated rings. The molecule has 4 heteroatoms. The van der Waals surface area contributed by atoms with Crippen LogP contribution in [0.5, 0.6) is 0 Å². The van der Waals surface area contributed by atoms with Gasteiger partial charge in [0.15, 0.2) is 0 Å². The van der Waals surface area contributed by atoms with Crippen molar-refractivity contribution in [3.8, 4) is 22.5 Å². The van der Waals surface area contributed by atoms with Crippen molar-refractivity contribution in [3.63, 3.8) is 0 Å². The van der Waals surface area contributed by atoms with E-state index in [4.69, 9.17) is 4.42 Å². The van der Waals surface area contributed by atoms with Gasteiger partial charge < -0.3 is 29.2 Å². The molecule has 1 nitrogen and oxygen atoms in total. The molecule has 0 saturated heterocycles. The summed E-state index contributed by atoms with van der Waals surface area (Å²) in [5.41, 5.74) is 10.6. The van der Waals surface area contributed by atoms with E-state index in [2.05, 4.69) is 122 Å². The van der Waals surface area contributed by atoms with E-state index in [9.17, 15) is 0 Å². The molecule has 1 aliphatic carbocycles. The third-order valence-electron chi connectivity index (χ3n) is 6.56. The Labute approximate surface area is 264 Å². The van der Waals surface area contributed by atoms with Gasteiger partial charge >= 0.3 is 99.2 Å². The van der Waals surface area contributed by atoms with Crippen LogP contribution in [0.15, 0.2) is 144 Å². The molecule has 0 radical (unpaired) electrons. The van der Waals surface area contributed by atoms with Crippen LogP contribution in [0.4, 0.5) is 0 Å². The van der Waals surface area contributed by atoms with Gasteiger partial charge in [0.05, 0.1) is 12.0 Å². The fourth-order valence-electron chi connectivity index (χ4n) is 4.59. The number of rotatable bonds is 3. The van der Waals surface area contributed by atoms with Crippen molar-refractivity contribution < 1.29 is 53.5 Å². The van der Waals surface area contributed by atoms with Crippen LogP contribution in [-0.4, -0.2) is 3.21 Å². The van der Waals surface area contributed by atoms with Crippen molar-refractivity contribution in [3.05, 3.63) is 174 Å². The average molecular weight is 639 g/mol.